The molecule has 2 aromatic heterocycles. The number of phenols is 2. The van der Waals surface area contributed by atoms with Gasteiger partial charge in [-0.3, -0.25) is 46.9 Å². The van der Waals surface area contributed by atoms with Crippen LogP contribution in [0.25, 0.3) is 46.1 Å². The lowest BCUT2D eigenvalue weighted by Gasteiger charge is -2.13. The van der Waals surface area contributed by atoms with Crippen molar-refractivity contribution in [2.75, 3.05) is 21.3 Å². The largest absolute Gasteiger partial charge is 0.505 e. The zero-order valence-electron chi connectivity index (χ0n) is 41.4. The zero-order valence-corrected chi connectivity index (χ0v) is 46.3. The lowest BCUT2D eigenvalue weighted by atomic mass is 10.1. The van der Waals surface area contributed by atoms with Crippen LogP contribution in [0.15, 0.2) is 151 Å². The first-order chi connectivity index (χ1) is 39.0. The molecule has 0 bridgehead atoms. The summed E-state index contributed by atoms with van der Waals surface area (Å²) in [6, 6.07) is 16.5. The van der Waals surface area contributed by atoms with Crippen LogP contribution in [0, 0.1) is 0 Å². The summed E-state index contributed by atoms with van der Waals surface area (Å²) in [5.74, 6) is -4.11. The quantitative estimate of drug-likeness (QED) is 0.0380. The number of fused-ring (bicyclic) bond motifs is 2. The Morgan fingerprint density at radius 1 is 0.357 bits per heavy atom. The molecule has 436 valence electrons. The lowest BCUT2D eigenvalue weighted by Crippen LogP contribution is -2.20. The van der Waals surface area contributed by atoms with Crippen molar-refractivity contribution >= 4 is 147 Å². The number of aromatic hydroxyl groups is 2. The van der Waals surface area contributed by atoms with E-state index < -0.39 is 142 Å². The van der Waals surface area contributed by atoms with Gasteiger partial charge in [0.05, 0.1) is 11.1 Å². The van der Waals surface area contributed by atoms with E-state index in [1.807, 2.05) is 0 Å². The molecule has 35 heteroatoms. The van der Waals surface area contributed by atoms with Crippen molar-refractivity contribution in [3.63, 3.8) is 0 Å². The highest BCUT2D eigenvalue weighted by Gasteiger charge is 2.27. The Bertz CT molecular complexity index is 4630. The van der Waals surface area contributed by atoms with Crippen LogP contribution in [0.3, 0.4) is 0 Å². The van der Waals surface area contributed by atoms with Gasteiger partial charge in [-0.15, -0.1) is 0 Å². The molecule has 2 heterocycles. The van der Waals surface area contributed by atoms with Gasteiger partial charge >= 0.3 is 6.03 Å². The first-order valence-electron chi connectivity index (χ1n) is 22.7. The van der Waals surface area contributed by atoms with Crippen LogP contribution in [0.5, 0.6) is 11.5 Å². The van der Waals surface area contributed by atoms with Crippen LogP contribution < -0.4 is 21.3 Å². The van der Waals surface area contributed by atoms with E-state index in [0.29, 0.717) is 12.1 Å². The van der Waals surface area contributed by atoms with Crippen LogP contribution in [0.1, 0.15) is 43.0 Å². The van der Waals surface area contributed by atoms with Crippen molar-refractivity contribution in [1.29, 1.82) is 0 Å². The molecule has 0 saturated heterocycles. The minimum atomic E-state index is -5.18. The first kappa shape index (κ1) is 61.0. The SMILES string of the molecule is O=C(Nc1ccc(/C=C/c2ccc(NC(=O)c3cc(S(=O)(=O)O)c4cccnc4c3O)cc2S(=O)(=O)O)c(S(=O)(=O)O)c1)Nc1ccc(/C=C/c2ccc(NC(=O)c3cc(S(=O)(=O)O)c4cccnc4c3O)cc2S(=O)(=O)O)c(S(=O)(=O)O)c1. The van der Waals surface area contributed by atoms with Gasteiger partial charge in [0, 0.05) is 45.9 Å². The molecule has 0 fully saturated rings. The van der Waals surface area contributed by atoms with Crippen LogP contribution >= 0.6 is 0 Å². The molecule has 84 heavy (non-hydrogen) atoms. The van der Waals surface area contributed by atoms with E-state index in [1.54, 1.807) is 0 Å². The molecule has 29 nitrogen and oxygen atoms in total. The van der Waals surface area contributed by atoms with Crippen LogP contribution in [-0.2, 0) is 60.7 Å². The number of amides is 4. The average molecular weight is 1270 g/mol. The van der Waals surface area contributed by atoms with Crippen molar-refractivity contribution in [2.45, 2.75) is 29.4 Å². The average Bonchev–Trinajstić information content (AvgIpc) is 1.42. The molecule has 0 radical (unpaired) electrons. The summed E-state index contributed by atoms with van der Waals surface area (Å²) in [7, 11) is -30.7. The van der Waals surface area contributed by atoms with Gasteiger partial charge in [-0.05, 0) is 107 Å². The number of anilines is 4. The Labute approximate surface area is 474 Å². The Morgan fingerprint density at radius 2 is 0.619 bits per heavy atom. The molecule has 0 aliphatic rings. The molecule has 4 amide bonds. The highest BCUT2D eigenvalue weighted by Crippen LogP contribution is 2.36. The number of pyridine rings is 2. The number of carbonyl (C=O) groups excluding carboxylic acids is 3. The van der Waals surface area contributed by atoms with Gasteiger partial charge < -0.3 is 31.5 Å². The number of hydrogen-bond acceptors (Lipinski definition) is 19. The summed E-state index contributed by atoms with van der Waals surface area (Å²) < 4.78 is 209. The standard InChI is InChI=1S/C49H36N6O23S6/c56-45-35(23-41(83(73,74)75)33-3-1-17-50-43(33)45)47(58)52-29-13-9-25(37(19-29)79(61,62)63)5-7-27-11-15-31(21-39(27)81(67,68)69)54-49(60)55-32-16-12-28(40(22-32)82(70,71)72)8-6-26-10-14-30(20-38(26)80(64,65)66)53-48(59)36-24-42(84(76,77)78)34-4-2-18-51-44(34)46(36)57/h1-24,56-57H,(H,52,58)(H,53,59)(H2,54,55,60)(H,61,62,63)(H,64,65,66)(H,67,68,69)(H,70,71,72)(H,73,74,75)(H,76,77,78)/b7-5+,8-6+. The van der Waals surface area contributed by atoms with Gasteiger partial charge in [0.15, 0.2) is 11.5 Å². The fourth-order valence-electron chi connectivity index (χ4n) is 8.11. The van der Waals surface area contributed by atoms with E-state index in [9.17, 15) is 102 Å². The monoisotopic (exact) mass is 1270 g/mol. The maximum Gasteiger partial charge on any atom is 0.323 e. The van der Waals surface area contributed by atoms with Gasteiger partial charge in [0.1, 0.15) is 40.4 Å². The van der Waals surface area contributed by atoms with Gasteiger partial charge in [0.25, 0.3) is 72.5 Å². The molecule has 0 aliphatic carbocycles. The fraction of sp³-hybridized carbons (Fsp3) is 0. The van der Waals surface area contributed by atoms with Crippen molar-refractivity contribution in [3.05, 3.63) is 155 Å². The molecule has 8 rings (SSSR count). The summed E-state index contributed by atoms with van der Waals surface area (Å²) in [5, 5.41) is 30.0. The molecule has 0 aliphatic heterocycles. The second-order valence-electron chi connectivity index (χ2n) is 17.4. The summed E-state index contributed by atoms with van der Waals surface area (Å²) in [6.45, 7) is 0. The number of rotatable bonds is 16. The Hall–Kier alpha value is -9.11. The zero-order chi connectivity index (χ0) is 61.6. The fourth-order valence-corrected chi connectivity index (χ4v) is 12.4. The van der Waals surface area contributed by atoms with Crippen molar-refractivity contribution in [1.82, 2.24) is 9.97 Å². The summed E-state index contributed by atoms with van der Waals surface area (Å²) in [5.41, 5.74) is -5.02. The highest BCUT2D eigenvalue weighted by atomic mass is 32.2. The van der Waals surface area contributed by atoms with E-state index in [2.05, 4.69) is 31.2 Å². The smallest absolute Gasteiger partial charge is 0.323 e. The van der Waals surface area contributed by atoms with E-state index in [0.717, 1.165) is 109 Å². The molecule has 0 saturated carbocycles. The number of benzene rings is 6. The number of carbonyl (C=O) groups is 3. The number of nitrogens with one attached hydrogen (secondary N) is 4. The lowest BCUT2D eigenvalue weighted by molar-refractivity contribution is 0.101. The molecular weight excluding hydrogens is 1230 g/mol. The normalized spacial score (nSPS) is 12.6. The van der Waals surface area contributed by atoms with Crippen LogP contribution in [0.4, 0.5) is 27.5 Å². The van der Waals surface area contributed by atoms with E-state index >= 15 is 0 Å². The molecule has 6 aromatic carbocycles. The van der Waals surface area contributed by atoms with Gasteiger partial charge in [-0.1, -0.05) is 48.6 Å². The van der Waals surface area contributed by atoms with Crippen molar-refractivity contribution in [2.24, 2.45) is 0 Å². The minimum absolute atomic E-state index is 0.241. The van der Waals surface area contributed by atoms with Crippen LogP contribution in [-0.4, -0.2) is 116 Å². The summed E-state index contributed by atoms with van der Waals surface area (Å²) in [6.07, 6.45) is 6.16. The molecule has 0 spiro atoms. The maximum atomic E-state index is 13.3. The molecule has 0 unspecified atom stereocenters. The van der Waals surface area contributed by atoms with E-state index in [-0.39, 0.29) is 55.8 Å². The Kier molecular flexibility index (Phi) is 16.4. The second kappa shape index (κ2) is 22.6. The van der Waals surface area contributed by atoms with Gasteiger partial charge in [0.2, 0.25) is 0 Å². The molecule has 8 aromatic rings. The van der Waals surface area contributed by atoms with Gasteiger partial charge in [-0.25, -0.2) is 4.79 Å². The first-order valence-corrected chi connectivity index (χ1v) is 31.3. The number of nitrogens with zero attached hydrogens (tertiary/aromatic N) is 2. The number of aromatic nitrogens is 2. The predicted octanol–water partition coefficient (Wildman–Crippen LogP) is 6.16. The minimum Gasteiger partial charge on any atom is -0.505 e. The predicted molar refractivity (Wildman–Crippen MR) is 298 cm³/mol. The summed E-state index contributed by atoms with van der Waals surface area (Å²) in [4.78, 5) is 42.3. The van der Waals surface area contributed by atoms with Crippen LogP contribution in [0.2, 0.25) is 0 Å². The molecular formula is C49H36N6O23S6. The van der Waals surface area contributed by atoms with Crippen molar-refractivity contribution < 1.29 is 102 Å². The third-order valence-corrected chi connectivity index (χ3v) is 17.2. The maximum absolute atomic E-state index is 13.3. The van der Waals surface area contributed by atoms with E-state index in [4.69, 9.17) is 0 Å². The number of hydrogen-bond donors (Lipinski definition) is 12. The highest BCUT2D eigenvalue weighted by molar-refractivity contribution is 7.87. The van der Waals surface area contributed by atoms with Crippen molar-refractivity contribution in [3.8, 4) is 11.5 Å². The Morgan fingerprint density at radius 3 is 0.881 bits per heavy atom. The summed E-state index contributed by atoms with van der Waals surface area (Å²) >= 11 is 0. The van der Waals surface area contributed by atoms with E-state index in [1.165, 1.54) is 24.3 Å². The third-order valence-electron chi connectivity index (χ3n) is 11.8. The molecule has 0 atom stereocenters. The molecule has 12 N–H and O–H groups in total. The topological polar surface area (TPSA) is 492 Å². The Balaban J connectivity index is 0.994. The second-order valence-corrected chi connectivity index (χ2v) is 25.7. The number of phenolic OH excluding ortho intramolecular Hbond substituents is 2. The number of urea groups is 1. The van der Waals surface area contributed by atoms with Gasteiger partial charge in [-0.2, -0.15) is 50.5 Å². The third kappa shape index (κ3) is 13.5.